The summed E-state index contributed by atoms with van der Waals surface area (Å²) in [5, 5.41) is 8.96. The van der Waals surface area contributed by atoms with Crippen molar-refractivity contribution in [2.24, 2.45) is 0 Å². The number of benzene rings is 2. The summed E-state index contributed by atoms with van der Waals surface area (Å²) in [6.45, 7) is 6.97. The number of aromatic nitrogens is 2. The van der Waals surface area contributed by atoms with Gasteiger partial charge < -0.3 is 4.57 Å². The molecule has 2 aromatic carbocycles. The van der Waals surface area contributed by atoms with Crippen LogP contribution in [-0.2, 0) is 6.54 Å². The van der Waals surface area contributed by atoms with E-state index in [0.29, 0.717) is 13.0 Å². The normalized spacial score (nSPS) is 10.8. The minimum absolute atomic E-state index is 0.483. The van der Waals surface area contributed by atoms with Crippen molar-refractivity contribution in [2.75, 3.05) is 0 Å². The van der Waals surface area contributed by atoms with Crippen LogP contribution in [0.15, 0.2) is 36.4 Å². The van der Waals surface area contributed by atoms with Gasteiger partial charge in [0, 0.05) is 12.1 Å². The van der Waals surface area contributed by atoms with E-state index in [2.05, 4.69) is 67.8 Å². The number of fused-ring (bicyclic) bond motifs is 1. The average Bonchev–Trinajstić information content (AvgIpc) is 2.83. The number of nitriles is 1. The van der Waals surface area contributed by atoms with Crippen molar-refractivity contribution in [3.8, 4) is 17.5 Å². The molecule has 0 spiro atoms. The quantitative estimate of drug-likeness (QED) is 0.710. The third kappa shape index (κ3) is 2.48. The molecule has 0 N–H and O–H groups in total. The summed E-state index contributed by atoms with van der Waals surface area (Å²) in [7, 11) is 0. The molecule has 1 heterocycles. The van der Waals surface area contributed by atoms with Gasteiger partial charge in [-0.15, -0.1) is 0 Å². The lowest BCUT2D eigenvalue weighted by atomic mass is 10.1. The average molecular weight is 289 g/mol. The minimum atomic E-state index is 0.483. The van der Waals surface area contributed by atoms with Gasteiger partial charge in [0.25, 0.3) is 0 Å². The molecule has 0 unspecified atom stereocenters. The smallest absolute Gasteiger partial charge is 0.141 e. The van der Waals surface area contributed by atoms with Crippen LogP contribution in [0.2, 0.25) is 0 Å². The van der Waals surface area contributed by atoms with E-state index in [1.54, 1.807) is 0 Å². The van der Waals surface area contributed by atoms with Crippen molar-refractivity contribution < 1.29 is 0 Å². The molecule has 22 heavy (non-hydrogen) atoms. The van der Waals surface area contributed by atoms with Gasteiger partial charge in [-0.3, -0.25) is 0 Å². The molecule has 110 valence electrons. The predicted octanol–water partition coefficient (Wildman–Crippen LogP) is 4.54. The summed E-state index contributed by atoms with van der Waals surface area (Å²) in [5.41, 5.74) is 6.91. The first-order valence-corrected chi connectivity index (χ1v) is 7.51. The zero-order valence-corrected chi connectivity index (χ0v) is 13.2. The molecule has 0 fully saturated rings. The number of aryl methyl sites for hydroxylation is 4. The van der Waals surface area contributed by atoms with Gasteiger partial charge in [-0.25, -0.2) is 4.98 Å². The third-order valence-corrected chi connectivity index (χ3v) is 4.09. The van der Waals surface area contributed by atoms with Gasteiger partial charge in [-0.05, 0) is 50.1 Å². The molecule has 0 saturated carbocycles. The van der Waals surface area contributed by atoms with E-state index in [4.69, 9.17) is 10.2 Å². The van der Waals surface area contributed by atoms with E-state index in [0.717, 1.165) is 22.4 Å². The molecule has 0 aliphatic rings. The van der Waals surface area contributed by atoms with Gasteiger partial charge in [0.1, 0.15) is 5.82 Å². The highest BCUT2D eigenvalue weighted by Gasteiger charge is 2.13. The number of nitrogens with zero attached hydrogens (tertiary/aromatic N) is 3. The van der Waals surface area contributed by atoms with Gasteiger partial charge in [0.2, 0.25) is 0 Å². The van der Waals surface area contributed by atoms with Gasteiger partial charge in [0.15, 0.2) is 0 Å². The van der Waals surface area contributed by atoms with Crippen molar-refractivity contribution in [2.45, 2.75) is 33.7 Å². The first-order chi connectivity index (χ1) is 10.6. The van der Waals surface area contributed by atoms with Gasteiger partial charge >= 0.3 is 0 Å². The molecular formula is C19H19N3. The topological polar surface area (TPSA) is 41.6 Å². The fourth-order valence-electron chi connectivity index (χ4n) is 2.77. The summed E-state index contributed by atoms with van der Waals surface area (Å²) >= 11 is 0. The summed E-state index contributed by atoms with van der Waals surface area (Å²) in [4.78, 5) is 4.83. The maximum atomic E-state index is 8.96. The molecule has 0 amide bonds. The molecule has 3 aromatic rings. The van der Waals surface area contributed by atoms with Crippen molar-refractivity contribution in [3.05, 3.63) is 53.1 Å². The molecule has 0 bridgehead atoms. The second-order valence-electron chi connectivity index (χ2n) is 5.79. The number of hydrogen-bond acceptors (Lipinski definition) is 2. The maximum absolute atomic E-state index is 8.96. The van der Waals surface area contributed by atoms with Crippen LogP contribution >= 0.6 is 0 Å². The molecule has 0 aliphatic carbocycles. The molecule has 0 saturated heterocycles. The number of rotatable bonds is 3. The lowest BCUT2D eigenvalue weighted by Gasteiger charge is -2.08. The lowest BCUT2D eigenvalue weighted by molar-refractivity contribution is 0.744. The van der Waals surface area contributed by atoms with Gasteiger partial charge in [0.05, 0.1) is 23.5 Å². The Morgan fingerprint density at radius 2 is 1.86 bits per heavy atom. The Labute approximate surface area is 130 Å². The summed E-state index contributed by atoms with van der Waals surface area (Å²) < 4.78 is 2.17. The van der Waals surface area contributed by atoms with E-state index in [1.807, 2.05) is 0 Å². The third-order valence-electron chi connectivity index (χ3n) is 4.09. The monoisotopic (exact) mass is 289 g/mol. The molecule has 0 atom stereocenters. The van der Waals surface area contributed by atoms with Crippen LogP contribution in [0, 0.1) is 32.1 Å². The predicted molar refractivity (Wildman–Crippen MR) is 89.6 cm³/mol. The minimum Gasteiger partial charge on any atom is -0.323 e. The van der Waals surface area contributed by atoms with E-state index in [-0.39, 0.29) is 0 Å². The Hall–Kier alpha value is -2.60. The van der Waals surface area contributed by atoms with Crippen LogP contribution in [-0.4, -0.2) is 9.55 Å². The Bertz CT molecular complexity index is 882. The fraction of sp³-hybridized carbons (Fsp3) is 0.263. The van der Waals surface area contributed by atoms with Crippen molar-refractivity contribution in [3.63, 3.8) is 0 Å². The van der Waals surface area contributed by atoms with Crippen LogP contribution in [0.4, 0.5) is 0 Å². The van der Waals surface area contributed by atoms with E-state index < -0.39 is 0 Å². The molecule has 3 nitrogen and oxygen atoms in total. The first-order valence-electron chi connectivity index (χ1n) is 7.51. The van der Waals surface area contributed by atoms with E-state index in [9.17, 15) is 0 Å². The molecule has 3 rings (SSSR count). The Morgan fingerprint density at radius 3 is 2.59 bits per heavy atom. The Morgan fingerprint density at radius 1 is 1.09 bits per heavy atom. The Kier molecular flexibility index (Phi) is 3.68. The molecular weight excluding hydrogens is 270 g/mol. The lowest BCUT2D eigenvalue weighted by Crippen LogP contribution is -2.00. The number of imidazole rings is 1. The van der Waals surface area contributed by atoms with Crippen molar-refractivity contribution in [1.29, 1.82) is 5.26 Å². The zero-order chi connectivity index (χ0) is 15.7. The van der Waals surface area contributed by atoms with Crippen LogP contribution in [0.3, 0.4) is 0 Å². The van der Waals surface area contributed by atoms with Crippen LogP contribution in [0.25, 0.3) is 22.4 Å². The highest BCUT2D eigenvalue weighted by Crippen LogP contribution is 2.27. The SMILES string of the molecule is Cc1cccc(-c2nc3cc(C)c(C)cc3n2CCC#N)c1. The number of hydrogen-bond donors (Lipinski definition) is 0. The fourth-order valence-corrected chi connectivity index (χ4v) is 2.77. The van der Waals surface area contributed by atoms with Crippen molar-refractivity contribution in [1.82, 2.24) is 9.55 Å². The molecule has 0 radical (unpaired) electrons. The maximum Gasteiger partial charge on any atom is 0.141 e. The van der Waals surface area contributed by atoms with Crippen LogP contribution in [0.5, 0.6) is 0 Å². The summed E-state index contributed by atoms with van der Waals surface area (Å²) in [6, 6.07) is 14.9. The largest absolute Gasteiger partial charge is 0.323 e. The molecule has 1 aromatic heterocycles. The highest BCUT2D eigenvalue weighted by molar-refractivity contribution is 5.82. The Balaban J connectivity index is 2.26. The van der Waals surface area contributed by atoms with Crippen LogP contribution in [0.1, 0.15) is 23.1 Å². The van der Waals surface area contributed by atoms with E-state index in [1.165, 1.54) is 16.7 Å². The second-order valence-corrected chi connectivity index (χ2v) is 5.79. The summed E-state index contributed by atoms with van der Waals surface area (Å²) in [5.74, 6) is 0.943. The zero-order valence-electron chi connectivity index (χ0n) is 13.2. The second kappa shape index (κ2) is 5.65. The first kappa shape index (κ1) is 14.3. The molecule has 0 aliphatic heterocycles. The van der Waals surface area contributed by atoms with Crippen LogP contribution < -0.4 is 0 Å². The molecule has 3 heteroatoms. The van der Waals surface area contributed by atoms with E-state index >= 15 is 0 Å². The van der Waals surface area contributed by atoms with Crippen molar-refractivity contribution >= 4 is 11.0 Å². The summed E-state index contributed by atoms with van der Waals surface area (Å²) in [6.07, 6.45) is 0.483. The highest BCUT2D eigenvalue weighted by atomic mass is 15.1. The van der Waals surface area contributed by atoms with Gasteiger partial charge in [-0.2, -0.15) is 5.26 Å². The van der Waals surface area contributed by atoms with Gasteiger partial charge in [-0.1, -0.05) is 23.8 Å². The standard InChI is InChI=1S/C19H19N3/c1-13-6-4-7-16(10-13)19-21-17-11-14(2)15(3)12-18(17)22(19)9-5-8-20/h4,6-7,10-12H,5,9H2,1-3H3.